The molecule has 1 unspecified atom stereocenters. The second kappa shape index (κ2) is 6.93. The van der Waals surface area contributed by atoms with Crippen LogP contribution in [0.3, 0.4) is 0 Å². The highest BCUT2D eigenvalue weighted by Crippen LogP contribution is 2.30. The number of rotatable bonds is 6. The van der Waals surface area contributed by atoms with E-state index < -0.39 is 11.9 Å². The van der Waals surface area contributed by atoms with Gasteiger partial charge in [0.25, 0.3) is 0 Å². The predicted octanol–water partition coefficient (Wildman–Crippen LogP) is 2.73. The van der Waals surface area contributed by atoms with Crippen molar-refractivity contribution in [2.24, 2.45) is 5.92 Å². The minimum absolute atomic E-state index is 0.0654. The number of nitrogens with one attached hydrogen (secondary N) is 1. The smallest absolute Gasteiger partial charge is 0.433 e. The third kappa shape index (κ3) is 4.73. The average molecular weight is 305 g/mol. The summed E-state index contributed by atoms with van der Waals surface area (Å²) in [5.41, 5.74) is -1.01. The Morgan fingerprint density at radius 3 is 2.86 bits per heavy atom. The van der Waals surface area contributed by atoms with E-state index in [9.17, 15) is 13.2 Å². The summed E-state index contributed by atoms with van der Waals surface area (Å²) < 4.78 is 49.0. The lowest BCUT2D eigenvalue weighted by atomic mass is 10.1. The molecule has 1 fully saturated rings. The van der Waals surface area contributed by atoms with Crippen LogP contribution in [0.5, 0.6) is 5.88 Å². The highest BCUT2D eigenvalue weighted by atomic mass is 19.4. The summed E-state index contributed by atoms with van der Waals surface area (Å²) in [5, 5.41) is 2.75. The summed E-state index contributed by atoms with van der Waals surface area (Å²) in [6.45, 7) is 3.92. The SMILES string of the molecule is CCCNc1nc(OCC2CCOC2)cc(C(F)(F)F)n1. The summed E-state index contributed by atoms with van der Waals surface area (Å²) in [5.74, 6) is 0.0635. The first-order valence-electron chi connectivity index (χ1n) is 6.89. The van der Waals surface area contributed by atoms with Crippen LogP contribution in [-0.4, -0.2) is 36.3 Å². The molecule has 0 radical (unpaired) electrons. The number of hydrogen-bond donors (Lipinski definition) is 1. The van der Waals surface area contributed by atoms with E-state index in [0.29, 0.717) is 26.4 Å². The summed E-state index contributed by atoms with van der Waals surface area (Å²) in [7, 11) is 0. The summed E-state index contributed by atoms with van der Waals surface area (Å²) in [6.07, 6.45) is -2.92. The summed E-state index contributed by atoms with van der Waals surface area (Å²) >= 11 is 0. The van der Waals surface area contributed by atoms with Crippen LogP contribution in [0.2, 0.25) is 0 Å². The summed E-state index contributed by atoms with van der Waals surface area (Å²) in [6, 6.07) is 0.826. The summed E-state index contributed by atoms with van der Waals surface area (Å²) in [4.78, 5) is 7.43. The molecule has 0 spiro atoms. The van der Waals surface area contributed by atoms with Gasteiger partial charge in [-0.3, -0.25) is 0 Å². The molecule has 0 aliphatic carbocycles. The van der Waals surface area contributed by atoms with Crippen molar-refractivity contribution in [3.8, 4) is 5.88 Å². The van der Waals surface area contributed by atoms with Crippen LogP contribution in [0, 0.1) is 5.92 Å². The van der Waals surface area contributed by atoms with Crippen molar-refractivity contribution < 1.29 is 22.6 Å². The monoisotopic (exact) mass is 305 g/mol. The Bertz CT molecular complexity index is 462. The number of aromatic nitrogens is 2. The molecule has 1 atom stereocenters. The highest BCUT2D eigenvalue weighted by Gasteiger charge is 2.34. The Morgan fingerprint density at radius 2 is 2.24 bits per heavy atom. The molecule has 1 aromatic rings. The molecule has 1 aliphatic heterocycles. The maximum atomic E-state index is 12.8. The zero-order chi connectivity index (χ0) is 15.3. The van der Waals surface area contributed by atoms with Crippen LogP contribution in [0.25, 0.3) is 0 Å². The van der Waals surface area contributed by atoms with Crippen molar-refractivity contribution in [1.82, 2.24) is 9.97 Å². The number of ether oxygens (including phenoxy) is 2. The molecular weight excluding hydrogens is 287 g/mol. The molecule has 1 aliphatic rings. The molecule has 1 N–H and O–H groups in total. The molecule has 8 heteroatoms. The van der Waals surface area contributed by atoms with Gasteiger partial charge < -0.3 is 14.8 Å². The number of nitrogens with zero attached hydrogens (tertiary/aromatic N) is 2. The van der Waals surface area contributed by atoms with E-state index in [2.05, 4.69) is 15.3 Å². The minimum Gasteiger partial charge on any atom is -0.477 e. The lowest BCUT2D eigenvalue weighted by Gasteiger charge is -2.13. The van der Waals surface area contributed by atoms with Gasteiger partial charge in [0.05, 0.1) is 13.2 Å². The normalized spacial score (nSPS) is 18.8. The van der Waals surface area contributed by atoms with E-state index in [1.807, 2.05) is 6.92 Å². The van der Waals surface area contributed by atoms with Crippen LogP contribution in [-0.2, 0) is 10.9 Å². The number of halogens is 3. The topological polar surface area (TPSA) is 56.3 Å². The molecule has 1 aromatic heterocycles. The Hall–Kier alpha value is -1.57. The maximum absolute atomic E-state index is 12.8. The average Bonchev–Trinajstić information content (AvgIpc) is 2.95. The van der Waals surface area contributed by atoms with Crippen molar-refractivity contribution in [2.75, 3.05) is 31.7 Å². The van der Waals surface area contributed by atoms with E-state index in [0.717, 1.165) is 18.9 Å². The number of anilines is 1. The van der Waals surface area contributed by atoms with Gasteiger partial charge in [-0.1, -0.05) is 6.92 Å². The van der Waals surface area contributed by atoms with Crippen molar-refractivity contribution in [2.45, 2.75) is 25.9 Å². The molecule has 0 amide bonds. The van der Waals surface area contributed by atoms with E-state index in [-0.39, 0.29) is 17.7 Å². The van der Waals surface area contributed by atoms with E-state index in [4.69, 9.17) is 9.47 Å². The van der Waals surface area contributed by atoms with Gasteiger partial charge in [-0.2, -0.15) is 18.2 Å². The van der Waals surface area contributed by atoms with Gasteiger partial charge >= 0.3 is 6.18 Å². The second-order valence-electron chi connectivity index (χ2n) is 4.88. The molecular formula is C13H18F3N3O2. The fourth-order valence-corrected chi connectivity index (χ4v) is 1.88. The molecule has 21 heavy (non-hydrogen) atoms. The Balaban J connectivity index is 2.09. The molecule has 2 rings (SSSR count). The highest BCUT2D eigenvalue weighted by molar-refractivity contribution is 5.32. The predicted molar refractivity (Wildman–Crippen MR) is 70.2 cm³/mol. The standard InChI is InChI=1S/C13H18F3N3O2/c1-2-4-17-12-18-10(13(14,15)16)6-11(19-12)21-8-9-3-5-20-7-9/h6,9H,2-5,7-8H2,1H3,(H,17,18,19). The molecule has 5 nitrogen and oxygen atoms in total. The first-order chi connectivity index (χ1) is 9.99. The van der Waals surface area contributed by atoms with E-state index in [1.165, 1.54) is 0 Å². The van der Waals surface area contributed by atoms with Gasteiger partial charge in [0.15, 0.2) is 5.69 Å². The quantitative estimate of drug-likeness (QED) is 0.876. The van der Waals surface area contributed by atoms with Crippen molar-refractivity contribution in [1.29, 1.82) is 0 Å². The molecule has 0 bridgehead atoms. The third-order valence-corrected chi connectivity index (χ3v) is 3.02. The Morgan fingerprint density at radius 1 is 1.43 bits per heavy atom. The third-order valence-electron chi connectivity index (χ3n) is 3.02. The van der Waals surface area contributed by atoms with Gasteiger partial charge in [0.2, 0.25) is 11.8 Å². The lowest BCUT2D eigenvalue weighted by Crippen LogP contribution is -2.16. The molecule has 0 aromatic carbocycles. The zero-order valence-electron chi connectivity index (χ0n) is 11.7. The number of alkyl halides is 3. The zero-order valence-corrected chi connectivity index (χ0v) is 11.7. The van der Waals surface area contributed by atoms with Crippen LogP contribution >= 0.6 is 0 Å². The van der Waals surface area contributed by atoms with Gasteiger partial charge in [-0.15, -0.1) is 0 Å². The van der Waals surface area contributed by atoms with Gasteiger partial charge in [-0.05, 0) is 12.8 Å². The van der Waals surface area contributed by atoms with Crippen molar-refractivity contribution in [3.05, 3.63) is 11.8 Å². The fraction of sp³-hybridized carbons (Fsp3) is 0.692. The van der Waals surface area contributed by atoms with Gasteiger partial charge in [-0.25, -0.2) is 4.98 Å². The lowest BCUT2D eigenvalue weighted by molar-refractivity contribution is -0.141. The van der Waals surface area contributed by atoms with Crippen molar-refractivity contribution in [3.63, 3.8) is 0 Å². The molecule has 0 saturated carbocycles. The fourth-order valence-electron chi connectivity index (χ4n) is 1.88. The first-order valence-corrected chi connectivity index (χ1v) is 6.89. The second-order valence-corrected chi connectivity index (χ2v) is 4.88. The van der Waals surface area contributed by atoms with Crippen LogP contribution in [0.15, 0.2) is 6.07 Å². The minimum atomic E-state index is -4.53. The van der Waals surface area contributed by atoms with E-state index in [1.54, 1.807) is 0 Å². The Labute approximate surface area is 120 Å². The van der Waals surface area contributed by atoms with Crippen LogP contribution < -0.4 is 10.1 Å². The number of hydrogen-bond acceptors (Lipinski definition) is 5. The van der Waals surface area contributed by atoms with Crippen molar-refractivity contribution >= 4 is 5.95 Å². The largest absolute Gasteiger partial charge is 0.477 e. The van der Waals surface area contributed by atoms with Crippen LogP contribution in [0.1, 0.15) is 25.5 Å². The van der Waals surface area contributed by atoms with Gasteiger partial charge in [0, 0.05) is 25.1 Å². The maximum Gasteiger partial charge on any atom is 0.433 e. The first kappa shape index (κ1) is 15.8. The molecule has 1 saturated heterocycles. The molecule has 118 valence electrons. The Kier molecular flexibility index (Phi) is 5.22. The molecule has 2 heterocycles. The van der Waals surface area contributed by atoms with E-state index >= 15 is 0 Å². The van der Waals surface area contributed by atoms with Crippen LogP contribution in [0.4, 0.5) is 19.1 Å². The van der Waals surface area contributed by atoms with Gasteiger partial charge in [0.1, 0.15) is 0 Å².